The molecule has 0 saturated heterocycles. The number of carboxylic acid groups (broad SMARTS) is 1. The van der Waals surface area contributed by atoms with E-state index in [1.165, 1.54) is 0 Å². The van der Waals surface area contributed by atoms with E-state index >= 15 is 0 Å². The number of nitrogens with one attached hydrogen (secondary N) is 1. The van der Waals surface area contributed by atoms with E-state index in [1.807, 2.05) is 24.3 Å². The Labute approximate surface area is 146 Å². The van der Waals surface area contributed by atoms with Crippen LogP contribution in [0.15, 0.2) is 48.5 Å². The normalized spacial score (nSPS) is 14.9. The van der Waals surface area contributed by atoms with E-state index in [0.29, 0.717) is 12.2 Å². The zero-order valence-electron chi connectivity index (χ0n) is 14.1. The summed E-state index contributed by atoms with van der Waals surface area (Å²) in [5, 5.41) is 12.4. The SMILES string of the molecule is CC(CNC(=O)Cc1ccc2c(c1)CCO2)(C(=O)O)c1ccccc1. The summed E-state index contributed by atoms with van der Waals surface area (Å²) in [4.78, 5) is 24.0. The van der Waals surface area contributed by atoms with Gasteiger partial charge in [0, 0.05) is 13.0 Å². The van der Waals surface area contributed by atoms with Crippen LogP contribution in [0.5, 0.6) is 5.75 Å². The number of fused-ring (bicyclic) bond motifs is 1. The lowest BCUT2D eigenvalue weighted by Crippen LogP contribution is -2.44. The molecule has 2 aromatic carbocycles. The van der Waals surface area contributed by atoms with Crippen LogP contribution in [-0.2, 0) is 27.8 Å². The molecule has 5 nitrogen and oxygen atoms in total. The topological polar surface area (TPSA) is 75.6 Å². The van der Waals surface area contributed by atoms with Crippen LogP contribution >= 0.6 is 0 Å². The minimum Gasteiger partial charge on any atom is -0.493 e. The lowest BCUT2D eigenvalue weighted by Gasteiger charge is -2.25. The molecule has 1 amide bonds. The molecular weight excluding hydrogens is 318 g/mol. The van der Waals surface area contributed by atoms with Crippen molar-refractivity contribution in [2.24, 2.45) is 0 Å². The van der Waals surface area contributed by atoms with Gasteiger partial charge in [0.1, 0.15) is 11.2 Å². The van der Waals surface area contributed by atoms with Crippen LogP contribution in [-0.4, -0.2) is 30.1 Å². The van der Waals surface area contributed by atoms with Crippen LogP contribution in [0.3, 0.4) is 0 Å². The third-order valence-electron chi connectivity index (χ3n) is 4.64. The molecule has 0 aromatic heterocycles. The Morgan fingerprint density at radius 1 is 1.20 bits per heavy atom. The number of rotatable bonds is 6. The Morgan fingerprint density at radius 2 is 1.96 bits per heavy atom. The lowest BCUT2D eigenvalue weighted by molar-refractivity contribution is -0.143. The quantitative estimate of drug-likeness (QED) is 0.847. The molecule has 0 spiro atoms. The highest BCUT2D eigenvalue weighted by Gasteiger charge is 2.35. The number of ether oxygens (including phenoxy) is 1. The molecule has 1 aliphatic rings. The number of aliphatic carboxylic acids is 1. The average molecular weight is 339 g/mol. The van der Waals surface area contributed by atoms with Crippen molar-refractivity contribution in [3.8, 4) is 5.75 Å². The Hall–Kier alpha value is -2.82. The molecule has 1 atom stereocenters. The molecule has 0 radical (unpaired) electrons. The predicted octanol–water partition coefficient (Wildman–Crippen LogP) is 2.32. The first kappa shape index (κ1) is 17.0. The van der Waals surface area contributed by atoms with E-state index in [2.05, 4.69) is 5.32 Å². The van der Waals surface area contributed by atoms with Gasteiger partial charge in [-0.2, -0.15) is 0 Å². The summed E-state index contributed by atoms with van der Waals surface area (Å²) in [6.45, 7) is 2.34. The van der Waals surface area contributed by atoms with Gasteiger partial charge in [-0.05, 0) is 29.7 Å². The predicted molar refractivity (Wildman–Crippen MR) is 93.8 cm³/mol. The van der Waals surface area contributed by atoms with Crippen molar-refractivity contribution < 1.29 is 19.4 Å². The minimum atomic E-state index is -1.16. The number of hydrogen-bond acceptors (Lipinski definition) is 3. The minimum absolute atomic E-state index is 0.0409. The van der Waals surface area contributed by atoms with Gasteiger partial charge in [-0.3, -0.25) is 9.59 Å². The number of amides is 1. The van der Waals surface area contributed by atoms with Gasteiger partial charge in [0.2, 0.25) is 5.91 Å². The van der Waals surface area contributed by atoms with Gasteiger partial charge in [0.25, 0.3) is 0 Å². The highest BCUT2D eigenvalue weighted by molar-refractivity contribution is 5.84. The van der Waals surface area contributed by atoms with E-state index < -0.39 is 11.4 Å². The second-order valence-corrected chi connectivity index (χ2v) is 6.50. The largest absolute Gasteiger partial charge is 0.493 e. The Kier molecular flexibility index (Phi) is 4.74. The molecule has 0 bridgehead atoms. The zero-order valence-corrected chi connectivity index (χ0v) is 14.1. The molecular formula is C20H21NO4. The van der Waals surface area contributed by atoms with Gasteiger partial charge < -0.3 is 15.2 Å². The van der Waals surface area contributed by atoms with Crippen molar-refractivity contribution >= 4 is 11.9 Å². The van der Waals surface area contributed by atoms with Crippen molar-refractivity contribution in [1.29, 1.82) is 0 Å². The molecule has 5 heteroatoms. The zero-order chi connectivity index (χ0) is 17.9. The third-order valence-corrected chi connectivity index (χ3v) is 4.64. The van der Waals surface area contributed by atoms with Crippen LogP contribution in [0.4, 0.5) is 0 Å². The summed E-state index contributed by atoms with van der Waals surface area (Å²) in [7, 11) is 0. The fourth-order valence-corrected chi connectivity index (χ4v) is 2.98. The first-order chi connectivity index (χ1) is 12.0. The second-order valence-electron chi connectivity index (χ2n) is 6.50. The fraction of sp³-hybridized carbons (Fsp3) is 0.300. The summed E-state index contributed by atoms with van der Waals surface area (Å²) in [5.41, 5.74) is 1.52. The van der Waals surface area contributed by atoms with Gasteiger partial charge in [-0.15, -0.1) is 0 Å². The van der Waals surface area contributed by atoms with Crippen molar-refractivity contribution in [3.63, 3.8) is 0 Å². The highest BCUT2D eigenvalue weighted by Crippen LogP contribution is 2.26. The summed E-state index contributed by atoms with van der Waals surface area (Å²) >= 11 is 0. The average Bonchev–Trinajstić information content (AvgIpc) is 3.08. The van der Waals surface area contributed by atoms with Crippen LogP contribution in [0, 0.1) is 0 Å². The van der Waals surface area contributed by atoms with Crippen molar-refractivity contribution in [2.75, 3.05) is 13.2 Å². The lowest BCUT2D eigenvalue weighted by atomic mass is 9.82. The van der Waals surface area contributed by atoms with Crippen LogP contribution in [0.25, 0.3) is 0 Å². The molecule has 1 heterocycles. The maximum atomic E-state index is 12.3. The van der Waals surface area contributed by atoms with Gasteiger partial charge in [-0.25, -0.2) is 0 Å². The van der Waals surface area contributed by atoms with E-state index in [4.69, 9.17) is 4.74 Å². The molecule has 1 unspecified atom stereocenters. The van der Waals surface area contributed by atoms with Crippen molar-refractivity contribution in [2.45, 2.75) is 25.2 Å². The third kappa shape index (κ3) is 3.65. The van der Waals surface area contributed by atoms with E-state index in [1.54, 1.807) is 31.2 Å². The molecule has 2 N–H and O–H groups in total. The van der Waals surface area contributed by atoms with Gasteiger partial charge in [0.15, 0.2) is 0 Å². The Bertz CT molecular complexity index is 788. The molecule has 2 aromatic rings. The number of hydrogen-bond donors (Lipinski definition) is 2. The maximum absolute atomic E-state index is 12.3. The number of benzene rings is 2. The molecule has 130 valence electrons. The van der Waals surface area contributed by atoms with Crippen LogP contribution in [0.2, 0.25) is 0 Å². The van der Waals surface area contributed by atoms with Gasteiger partial charge >= 0.3 is 5.97 Å². The van der Waals surface area contributed by atoms with Gasteiger partial charge in [0.05, 0.1) is 13.0 Å². The fourth-order valence-electron chi connectivity index (χ4n) is 2.98. The number of carbonyl (C=O) groups is 2. The second kappa shape index (κ2) is 6.97. The maximum Gasteiger partial charge on any atom is 0.315 e. The van der Waals surface area contributed by atoms with E-state index in [0.717, 1.165) is 23.3 Å². The monoisotopic (exact) mass is 339 g/mol. The first-order valence-corrected chi connectivity index (χ1v) is 8.29. The van der Waals surface area contributed by atoms with E-state index in [9.17, 15) is 14.7 Å². The van der Waals surface area contributed by atoms with Crippen LogP contribution in [0.1, 0.15) is 23.6 Å². The molecule has 3 rings (SSSR count). The standard InChI is InChI=1S/C20H21NO4/c1-20(19(23)24,16-5-3-2-4-6-16)13-21-18(22)12-14-7-8-17-15(11-14)9-10-25-17/h2-8,11H,9-10,12-13H2,1H3,(H,21,22)(H,23,24). The summed E-state index contributed by atoms with van der Waals surface area (Å²) < 4.78 is 5.46. The summed E-state index contributed by atoms with van der Waals surface area (Å²) in [6, 6.07) is 14.7. The molecule has 25 heavy (non-hydrogen) atoms. The number of carboxylic acids is 1. The number of carbonyl (C=O) groups excluding carboxylic acids is 1. The van der Waals surface area contributed by atoms with Crippen molar-refractivity contribution in [3.05, 3.63) is 65.2 Å². The molecule has 0 saturated carbocycles. The first-order valence-electron chi connectivity index (χ1n) is 8.29. The highest BCUT2D eigenvalue weighted by atomic mass is 16.5. The molecule has 1 aliphatic heterocycles. The summed E-state index contributed by atoms with van der Waals surface area (Å²) in [6.07, 6.45) is 1.08. The van der Waals surface area contributed by atoms with Crippen molar-refractivity contribution in [1.82, 2.24) is 5.32 Å². The smallest absolute Gasteiger partial charge is 0.315 e. The van der Waals surface area contributed by atoms with E-state index in [-0.39, 0.29) is 18.9 Å². The molecule has 0 aliphatic carbocycles. The Balaban J connectivity index is 1.65. The van der Waals surface area contributed by atoms with Gasteiger partial charge in [-0.1, -0.05) is 42.5 Å². The summed E-state index contributed by atoms with van der Waals surface area (Å²) in [5.74, 6) is -0.275. The molecule has 0 fully saturated rings. The van der Waals surface area contributed by atoms with Crippen LogP contribution < -0.4 is 10.1 Å². The Morgan fingerprint density at radius 3 is 2.68 bits per heavy atom.